The van der Waals surface area contributed by atoms with Crippen LogP contribution in [0.1, 0.15) is 105 Å². The molecule has 70 heavy (non-hydrogen) atoms. The van der Waals surface area contributed by atoms with E-state index >= 15 is 0 Å². The van der Waals surface area contributed by atoms with Crippen molar-refractivity contribution in [1.29, 1.82) is 0 Å². The number of nitrogens with one attached hydrogen (secondary N) is 2. The van der Waals surface area contributed by atoms with Crippen molar-refractivity contribution in [3.8, 4) is 12.3 Å². The normalized spacial score (nSPS) is 25.6. The van der Waals surface area contributed by atoms with Crippen molar-refractivity contribution < 1.29 is 71.8 Å². The molecule has 2 aromatic rings. The van der Waals surface area contributed by atoms with Gasteiger partial charge in [0.15, 0.2) is 5.78 Å². The quantitative estimate of drug-likeness (QED) is 0.0346. The lowest BCUT2D eigenvalue weighted by molar-refractivity contribution is -0.203. The summed E-state index contributed by atoms with van der Waals surface area (Å²) in [4.78, 5) is 75.6. The Morgan fingerprint density at radius 3 is 2.11 bits per heavy atom. The predicted molar refractivity (Wildman–Crippen MR) is 254 cm³/mol. The van der Waals surface area contributed by atoms with Gasteiger partial charge in [0.25, 0.3) is 0 Å². The standard InChI is InChI=1S/C53H68N2O15/c1-5-23-63-26-27-64-28-29-65-30-31-66-47(59)34-54-33-45(57)55-39-16-14-37(15-17-39)48(60)36-10-12-38(13-11-36)49(61)67-24-8-6-7-9-46(58)69-35-52(3)42-18-22-53(4)43(51(42,2)21-19-44(52)56)32-41(70-53)40-20-25-68-50(40)62/h1,10-17,20,41-44,54,56H,6-9,18-19,21-35H2,2-4H3,(H,55,57)/t41?,42?,43?,44-,51-,52+,53?/m1/s1. The molecule has 7 atom stereocenters. The highest BCUT2D eigenvalue weighted by Gasteiger charge is 2.65. The van der Waals surface area contributed by atoms with Gasteiger partial charge in [-0.2, -0.15) is 0 Å². The first-order valence-corrected chi connectivity index (χ1v) is 24.3. The highest BCUT2D eigenvalue weighted by molar-refractivity contribution is 6.09. The molecule has 3 N–H and O–H groups in total. The molecule has 0 radical (unpaired) electrons. The topological polar surface area (TPSA) is 221 Å². The molecule has 3 fully saturated rings. The number of ketones is 1. The SMILES string of the molecule is C#CCOCCOCCOCCOC(=O)CNCC(=O)Nc1ccc(C(=O)c2ccc(C(=O)OCCCCCC(=O)OC[C@@]3(C)C4CCC5(C)OC(C6=CCOC6=O)CC5[C@]4(C)CC[C@H]3O)cc2)cc1. The summed E-state index contributed by atoms with van der Waals surface area (Å²) in [5.41, 5.74) is 0.915. The second kappa shape index (κ2) is 25.6. The zero-order valence-electron chi connectivity index (χ0n) is 40.6. The maximum atomic E-state index is 13.2. The van der Waals surface area contributed by atoms with Crippen LogP contribution in [0.3, 0.4) is 0 Å². The third-order valence-electron chi connectivity index (χ3n) is 14.3. The number of benzene rings is 2. The molecule has 2 saturated carbocycles. The molecule has 380 valence electrons. The van der Waals surface area contributed by atoms with E-state index in [1.807, 2.05) is 13.0 Å². The van der Waals surface area contributed by atoms with Crippen molar-refractivity contribution in [2.75, 3.05) is 84.5 Å². The van der Waals surface area contributed by atoms with Gasteiger partial charge in [0.05, 0.1) is 88.3 Å². The van der Waals surface area contributed by atoms with Gasteiger partial charge in [-0.1, -0.05) is 31.9 Å². The number of rotatable bonds is 27. The maximum absolute atomic E-state index is 13.2. The van der Waals surface area contributed by atoms with E-state index in [4.69, 9.17) is 44.3 Å². The van der Waals surface area contributed by atoms with Crippen molar-refractivity contribution in [3.63, 3.8) is 0 Å². The minimum Gasteiger partial charge on any atom is -0.465 e. The minimum atomic E-state index is -0.627. The Balaban J connectivity index is 0.821. The average molecular weight is 973 g/mol. The Kier molecular flexibility index (Phi) is 19.7. The van der Waals surface area contributed by atoms with Crippen molar-refractivity contribution in [3.05, 3.63) is 76.9 Å². The zero-order chi connectivity index (χ0) is 50.2. The number of aliphatic hydroxyl groups is 1. The number of hydrogen-bond donors (Lipinski definition) is 3. The number of cyclic esters (lactones) is 1. The Bertz CT molecular complexity index is 2210. The van der Waals surface area contributed by atoms with Crippen LogP contribution in [0, 0.1) is 35.0 Å². The summed E-state index contributed by atoms with van der Waals surface area (Å²) in [6, 6.07) is 12.5. The summed E-state index contributed by atoms with van der Waals surface area (Å²) in [5.74, 6) is 0.275. The molecule has 1 saturated heterocycles. The maximum Gasteiger partial charge on any atom is 0.338 e. The van der Waals surface area contributed by atoms with E-state index in [0.717, 1.165) is 25.7 Å². The summed E-state index contributed by atoms with van der Waals surface area (Å²) >= 11 is 0. The lowest BCUT2D eigenvalue weighted by atomic mass is 9.44. The van der Waals surface area contributed by atoms with Crippen LogP contribution in [0.2, 0.25) is 0 Å². The largest absolute Gasteiger partial charge is 0.465 e. The van der Waals surface area contributed by atoms with Gasteiger partial charge < -0.3 is 48.3 Å². The fourth-order valence-electron chi connectivity index (χ4n) is 10.6. The molecule has 4 unspecified atom stereocenters. The molecule has 2 heterocycles. The smallest absolute Gasteiger partial charge is 0.338 e. The number of amides is 1. The third kappa shape index (κ3) is 14.1. The summed E-state index contributed by atoms with van der Waals surface area (Å²) in [7, 11) is 0. The molecular formula is C53H68N2O15. The van der Waals surface area contributed by atoms with E-state index in [1.165, 1.54) is 12.1 Å². The van der Waals surface area contributed by atoms with Gasteiger partial charge in [0.1, 0.15) is 19.8 Å². The first kappa shape index (κ1) is 53.9. The molecule has 2 aliphatic carbocycles. The second-order valence-corrected chi connectivity index (χ2v) is 19.1. The van der Waals surface area contributed by atoms with Crippen LogP contribution in [-0.4, -0.2) is 138 Å². The number of unbranched alkanes of at least 4 members (excludes halogenated alkanes) is 2. The highest BCUT2D eigenvalue weighted by atomic mass is 16.6. The van der Waals surface area contributed by atoms with Crippen LogP contribution in [0.25, 0.3) is 0 Å². The van der Waals surface area contributed by atoms with E-state index in [2.05, 4.69) is 30.4 Å². The molecule has 4 aliphatic rings. The fraction of sp³-hybridized carbons (Fsp3) is 0.585. The van der Waals surface area contributed by atoms with Gasteiger partial charge >= 0.3 is 23.9 Å². The summed E-state index contributed by atoms with van der Waals surface area (Å²) < 4.78 is 43.9. The molecule has 0 aromatic heterocycles. The van der Waals surface area contributed by atoms with Crippen molar-refractivity contribution >= 4 is 41.3 Å². The Labute approximate surface area is 410 Å². The second-order valence-electron chi connectivity index (χ2n) is 19.1. The summed E-state index contributed by atoms with van der Waals surface area (Å²) in [6.07, 6.45) is 11.7. The van der Waals surface area contributed by atoms with Crippen molar-refractivity contribution in [2.24, 2.45) is 22.7 Å². The third-order valence-corrected chi connectivity index (χ3v) is 14.3. The van der Waals surface area contributed by atoms with E-state index in [1.54, 1.807) is 36.4 Å². The first-order chi connectivity index (χ1) is 33.7. The predicted octanol–water partition coefficient (Wildman–Crippen LogP) is 5.16. The molecule has 2 aromatic carbocycles. The van der Waals surface area contributed by atoms with Gasteiger partial charge in [-0.3, -0.25) is 24.5 Å². The Hall–Kier alpha value is -5.48. The molecule has 6 rings (SSSR count). The zero-order valence-corrected chi connectivity index (χ0v) is 40.6. The van der Waals surface area contributed by atoms with Crippen LogP contribution in [-0.2, 0) is 57.1 Å². The number of hydrogen-bond acceptors (Lipinski definition) is 16. The number of carbonyl (C=O) groups is 6. The molecule has 17 heteroatoms. The number of fused-ring (bicyclic) bond motifs is 3. The highest BCUT2D eigenvalue weighted by Crippen LogP contribution is 2.66. The summed E-state index contributed by atoms with van der Waals surface area (Å²) in [5, 5.41) is 16.8. The van der Waals surface area contributed by atoms with Crippen LogP contribution in [0.15, 0.2) is 60.2 Å². The van der Waals surface area contributed by atoms with Gasteiger partial charge in [-0.05, 0) is 118 Å². The van der Waals surface area contributed by atoms with Crippen molar-refractivity contribution in [2.45, 2.75) is 96.4 Å². The summed E-state index contributed by atoms with van der Waals surface area (Å²) in [6.45, 7) is 8.72. The number of anilines is 1. The van der Waals surface area contributed by atoms with Crippen molar-refractivity contribution in [1.82, 2.24) is 5.32 Å². The Morgan fingerprint density at radius 2 is 1.43 bits per heavy atom. The molecule has 0 spiro atoms. The van der Waals surface area contributed by atoms with Crippen LogP contribution >= 0.6 is 0 Å². The first-order valence-electron chi connectivity index (χ1n) is 24.3. The lowest BCUT2D eigenvalue weighted by Crippen LogP contribution is -2.61. The van der Waals surface area contributed by atoms with Gasteiger partial charge in [-0.15, -0.1) is 6.42 Å². The van der Waals surface area contributed by atoms with E-state index in [9.17, 15) is 33.9 Å². The molecule has 2 aliphatic heterocycles. The molecule has 1 amide bonds. The number of ether oxygens (including phenoxy) is 8. The molecule has 17 nitrogen and oxygen atoms in total. The monoisotopic (exact) mass is 972 g/mol. The Morgan fingerprint density at radius 1 is 0.757 bits per heavy atom. The number of aliphatic hydroxyl groups excluding tert-OH is 1. The molecule has 0 bridgehead atoms. The van der Waals surface area contributed by atoms with Crippen LogP contribution in [0.5, 0.6) is 0 Å². The van der Waals surface area contributed by atoms with Crippen LogP contribution in [0.4, 0.5) is 5.69 Å². The number of carbonyl (C=O) groups excluding carboxylic acids is 6. The van der Waals surface area contributed by atoms with E-state index in [0.29, 0.717) is 80.1 Å². The van der Waals surface area contributed by atoms with Crippen LogP contribution < -0.4 is 10.6 Å². The number of esters is 4. The fourth-order valence-corrected chi connectivity index (χ4v) is 10.6. The van der Waals surface area contributed by atoms with E-state index in [-0.39, 0.29) is 106 Å². The minimum absolute atomic E-state index is 0.0584. The number of terminal acetylenes is 1. The van der Waals surface area contributed by atoms with E-state index < -0.39 is 29.4 Å². The van der Waals surface area contributed by atoms with Gasteiger partial charge in [-0.25, -0.2) is 9.59 Å². The lowest BCUT2D eigenvalue weighted by Gasteiger charge is -2.61. The van der Waals surface area contributed by atoms with Gasteiger partial charge in [0, 0.05) is 28.7 Å². The average Bonchev–Trinajstić information content (AvgIpc) is 3.95. The molecular weight excluding hydrogens is 905 g/mol. The van der Waals surface area contributed by atoms with Gasteiger partial charge in [0.2, 0.25) is 5.91 Å².